The van der Waals surface area contributed by atoms with E-state index in [0.717, 1.165) is 32.1 Å². The third-order valence-corrected chi connectivity index (χ3v) is 5.18. The molecule has 0 aromatic rings. The lowest BCUT2D eigenvalue weighted by molar-refractivity contribution is 0.522. The minimum Gasteiger partial charge on any atom is -0.330 e. The fourth-order valence-corrected chi connectivity index (χ4v) is 3.73. The smallest absolute Gasteiger partial charge is 0.214 e. The molecule has 0 radical (unpaired) electrons. The predicted molar refractivity (Wildman–Crippen MR) is 55.3 cm³/mol. The van der Waals surface area contributed by atoms with Crippen molar-refractivity contribution in [3.05, 3.63) is 0 Å². The molecule has 0 saturated heterocycles. The highest BCUT2D eigenvalue weighted by atomic mass is 32.2. The Morgan fingerprint density at radius 2 is 1.93 bits per heavy atom. The SMILES string of the molecule is NCC1CCC(NS(=O)(=O)C2CC2)C1. The van der Waals surface area contributed by atoms with Crippen LogP contribution in [-0.4, -0.2) is 26.3 Å². The molecule has 2 fully saturated rings. The van der Waals surface area contributed by atoms with E-state index in [1.165, 1.54) is 0 Å². The molecule has 2 aliphatic rings. The van der Waals surface area contributed by atoms with E-state index in [0.29, 0.717) is 12.5 Å². The summed E-state index contributed by atoms with van der Waals surface area (Å²) >= 11 is 0. The maximum Gasteiger partial charge on any atom is 0.214 e. The first-order valence-electron chi connectivity index (χ1n) is 5.33. The summed E-state index contributed by atoms with van der Waals surface area (Å²) in [7, 11) is -2.99. The molecule has 2 aliphatic carbocycles. The van der Waals surface area contributed by atoms with Gasteiger partial charge in [0.15, 0.2) is 0 Å². The topological polar surface area (TPSA) is 72.2 Å². The van der Waals surface area contributed by atoms with Crippen molar-refractivity contribution in [3.63, 3.8) is 0 Å². The summed E-state index contributed by atoms with van der Waals surface area (Å²) in [6.45, 7) is 0.682. The molecule has 0 aliphatic heterocycles. The number of rotatable bonds is 4. The van der Waals surface area contributed by atoms with Gasteiger partial charge in [0.05, 0.1) is 5.25 Å². The van der Waals surface area contributed by atoms with Gasteiger partial charge < -0.3 is 5.73 Å². The molecule has 2 saturated carbocycles. The Labute approximate surface area is 85.3 Å². The first-order valence-corrected chi connectivity index (χ1v) is 6.87. The second kappa shape index (κ2) is 3.79. The molecule has 0 aromatic carbocycles. The number of hydrogen-bond acceptors (Lipinski definition) is 3. The zero-order valence-corrected chi connectivity index (χ0v) is 9.09. The summed E-state index contributed by atoms with van der Waals surface area (Å²) in [5.41, 5.74) is 5.55. The van der Waals surface area contributed by atoms with Crippen LogP contribution in [0.2, 0.25) is 0 Å². The fraction of sp³-hybridized carbons (Fsp3) is 1.00. The highest BCUT2D eigenvalue weighted by Gasteiger charge is 2.38. The van der Waals surface area contributed by atoms with E-state index in [-0.39, 0.29) is 11.3 Å². The van der Waals surface area contributed by atoms with E-state index >= 15 is 0 Å². The molecule has 82 valence electrons. The molecule has 3 N–H and O–H groups in total. The molecule has 2 atom stereocenters. The van der Waals surface area contributed by atoms with Crippen LogP contribution in [0.5, 0.6) is 0 Å². The summed E-state index contributed by atoms with van der Waals surface area (Å²) in [6, 6.07) is 0.147. The minimum atomic E-state index is -2.99. The van der Waals surface area contributed by atoms with Gasteiger partial charge in [-0.1, -0.05) is 0 Å². The van der Waals surface area contributed by atoms with E-state index in [4.69, 9.17) is 5.73 Å². The van der Waals surface area contributed by atoms with E-state index < -0.39 is 10.0 Å². The molecule has 14 heavy (non-hydrogen) atoms. The van der Waals surface area contributed by atoms with E-state index in [2.05, 4.69) is 4.72 Å². The third-order valence-electron chi connectivity index (χ3n) is 3.17. The Kier molecular flexibility index (Phi) is 2.81. The van der Waals surface area contributed by atoms with Crippen molar-refractivity contribution in [3.8, 4) is 0 Å². The van der Waals surface area contributed by atoms with Gasteiger partial charge in [-0.3, -0.25) is 0 Å². The van der Waals surface area contributed by atoms with Gasteiger partial charge in [-0.25, -0.2) is 13.1 Å². The second-order valence-corrected chi connectivity index (χ2v) is 6.47. The lowest BCUT2D eigenvalue weighted by Gasteiger charge is -2.12. The molecule has 0 bridgehead atoms. The van der Waals surface area contributed by atoms with E-state index in [1.54, 1.807) is 0 Å². The summed E-state index contributed by atoms with van der Waals surface area (Å²) in [4.78, 5) is 0. The molecule has 0 spiro atoms. The Hall–Kier alpha value is -0.130. The van der Waals surface area contributed by atoms with Gasteiger partial charge in [0.1, 0.15) is 0 Å². The van der Waals surface area contributed by atoms with Crippen molar-refractivity contribution in [1.82, 2.24) is 4.72 Å². The summed E-state index contributed by atoms with van der Waals surface area (Å²) in [5, 5.41) is -0.0978. The van der Waals surface area contributed by atoms with Crippen LogP contribution in [0, 0.1) is 5.92 Å². The van der Waals surface area contributed by atoms with E-state index in [1.807, 2.05) is 0 Å². The van der Waals surface area contributed by atoms with Crippen molar-refractivity contribution in [2.75, 3.05) is 6.54 Å². The number of hydrogen-bond donors (Lipinski definition) is 2. The largest absolute Gasteiger partial charge is 0.330 e. The van der Waals surface area contributed by atoms with Gasteiger partial charge in [0.2, 0.25) is 10.0 Å². The first-order chi connectivity index (χ1) is 6.62. The number of nitrogens with two attached hydrogens (primary N) is 1. The summed E-state index contributed by atoms with van der Waals surface area (Å²) in [5.74, 6) is 0.516. The van der Waals surface area contributed by atoms with Gasteiger partial charge in [-0.05, 0) is 44.6 Å². The molecule has 0 amide bonds. The van der Waals surface area contributed by atoms with Crippen molar-refractivity contribution in [2.24, 2.45) is 11.7 Å². The van der Waals surface area contributed by atoms with Crippen LogP contribution in [0.1, 0.15) is 32.1 Å². The maximum absolute atomic E-state index is 11.6. The summed E-state index contributed by atoms with van der Waals surface area (Å²) < 4.78 is 26.0. The van der Waals surface area contributed by atoms with Crippen molar-refractivity contribution in [1.29, 1.82) is 0 Å². The van der Waals surface area contributed by atoms with Crippen LogP contribution < -0.4 is 10.5 Å². The highest BCUT2D eigenvalue weighted by molar-refractivity contribution is 7.90. The molecule has 2 rings (SSSR count). The standard InChI is InChI=1S/C9H18N2O2S/c10-6-7-1-2-8(5-7)11-14(12,13)9-3-4-9/h7-9,11H,1-6,10H2. The zero-order chi connectivity index (χ0) is 10.2. The molecule has 0 heterocycles. The van der Waals surface area contributed by atoms with Crippen LogP contribution in [0.25, 0.3) is 0 Å². The number of sulfonamides is 1. The first kappa shape index (κ1) is 10.4. The van der Waals surface area contributed by atoms with Gasteiger partial charge in [0.25, 0.3) is 0 Å². The monoisotopic (exact) mass is 218 g/mol. The average molecular weight is 218 g/mol. The molecular formula is C9H18N2O2S. The number of nitrogens with one attached hydrogen (secondary N) is 1. The van der Waals surface area contributed by atoms with Crippen molar-refractivity contribution < 1.29 is 8.42 Å². The van der Waals surface area contributed by atoms with Crippen LogP contribution in [-0.2, 0) is 10.0 Å². The molecule has 5 heteroatoms. The van der Waals surface area contributed by atoms with Crippen molar-refractivity contribution in [2.45, 2.75) is 43.4 Å². The third kappa shape index (κ3) is 2.27. The molecule has 4 nitrogen and oxygen atoms in total. The van der Waals surface area contributed by atoms with Crippen molar-refractivity contribution >= 4 is 10.0 Å². The lowest BCUT2D eigenvalue weighted by Crippen LogP contribution is -2.35. The molecule has 2 unspecified atom stereocenters. The van der Waals surface area contributed by atoms with Gasteiger partial charge in [0, 0.05) is 6.04 Å². The van der Waals surface area contributed by atoms with Gasteiger partial charge in [-0.2, -0.15) is 0 Å². The Morgan fingerprint density at radius 1 is 1.21 bits per heavy atom. The normalized spacial score (nSPS) is 33.5. The second-order valence-electron chi connectivity index (χ2n) is 4.47. The minimum absolute atomic E-state index is 0.0978. The average Bonchev–Trinajstić information content (AvgIpc) is 2.89. The van der Waals surface area contributed by atoms with Crippen LogP contribution in [0.15, 0.2) is 0 Å². The quantitative estimate of drug-likeness (QED) is 0.708. The Bertz CT molecular complexity index is 298. The zero-order valence-electron chi connectivity index (χ0n) is 8.28. The molecular weight excluding hydrogens is 200 g/mol. The fourth-order valence-electron chi connectivity index (χ4n) is 2.10. The lowest BCUT2D eigenvalue weighted by atomic mass is 10.1. The Balaban J connectivity index is 1.86. The van der Waals surface area contributed by atoms with Crippen LogP contribution in [0.4, 0.5) is 0 Å². The maximum atomic E-state index is 11.6. The Morgan fingerprint density at radius 3 is 2.43 bits per heavy atom. The van der Waals surface area contributed by atoms with E-state index in [9.17, 15) is 8.42 Å². The van der Waals surface area contributed by atoms with Gasteiger partial charge >= 0.3 is 0 Å². The summed E-state index contributed by atoms with van der Waals surface area (Å²) in [6.07, 6.45) is 4.61. The molecule has 0 aromatic heterocycles. The van der Waals surface area contributed by atoms with Crippen LogP contribution >= 0.6 is 0 Å². The predicted octanol–water partition coefficient (Wildman–Crippen LogP) is 0.196. The van der Waals surface area contributed by atoms with Crippen LogP contribution in [0.3, 0.4) is 0 Å². The van der Waals surface area contributed by atoms with Gasteiger partial charge in [-0.15, -0.1) is 0 Å². The highest BCUT2D eigenvalue weighted by Crippen LogP contribution is 2.30.